The fourth-order valence-corrected chi connectivity index (χ4v) is 0.589. The molecule has 0 fully saturated rings. The van der Waals surface area contributed by atoms with E-state index in [1.54, 1.807) is 0 Å². The van der Waals surface area contributed by atoms with E-state index in [0.29, 0.717) is 0 Å². The molecule has 0 amide bonds. The van der Waals surface area contributed by atoms with Crippen molar-refractivity contribution in [3.05, 3.63) is 36.4 Å². The van der Waals surface area contributed by atoms with Crippen LogP contribution in [0, 0.1) is 0 Å². The van der Waals surface area contributed by atoms with Crippen LogP contribution in [0.4, 0.5) is 0 Å². The second-order valence-corrected chi connectivity index (χ2v) is 1.94. The van der Waals surface area contributed by atoms with Crippen molar-refractivity contribution >= 4 is 23.1 Å². The summed E-state index contributed by atoms with van der Waals surface area (Å²) in [4.78, 5) is 0. The van der Waals surface area contributed by atoms with Crippen molar-refractivity contribution in [2.24, 2.45) is 0 Å². The zero-order valence-corrected chi connectivity index (χ0v) is 9.41. The highest BCUT2D eigenvalue weighted by Crippen LogP contribution is 1.79. The third-order valence-electron chi connectivity index (χ3n) is 1.07. The van der Waals surface area contributed by atoms with E-state index in [9.17, 15) is 0 Å². The molecule has 1 rings (SSSR count). The summed E-state index contributed by atoms with van der Waals surface area (Å²) >= 11 is 0. The first kappa shape index (κ1) is 14.5. The lowest BCUT2D eigenvalue weighted by atomic mass is 10.4. The van der Waals surface area contributed by atoms with Gasteiger partial charge in [0.15, 0.2) is 0 Å². The summed E-state index contributed by atoms with van der Waals surface area (Å²) in [6.45, 7) is 5.67. The van der Waals surface area contributed by atoms with Gasteiger partial charge in [-0.1, -0.05) is 36.4 Å². The van der Waals surface area contributed by atoms with Gasteiger partial charge in [0.2, 0.25) is 0 Å². The Morgan fingerprint density at radius 1 is 0.750 bits per heavy atom. The molecule has 0 aliphatic rings. The molecular weight excluding hydrogens is 160 g/mol. The van der Waals surface area contributed by atoms with E-state index in [-0.39, 0.29) is 23.1 Å². The maximum Gasteiger partial charge on any atom is 0.0437 e. The van der Waals surface area contributed by atoms with Crippen molar-refractivity contribution in [3.8, 4) is 0 Å². The highest BCUT2D eigenvalue weighted by Gasteiger charge is 1.64. The zero-order chi connectivity index (χ0) is 8.36. The molecule has 0 atom stereocenters. The SMILES string of the molecule is CCOCC.[Mg].c1ccccc1. The largest absolute Gasteiger partial charge is 0.382 e. The summed E-state index contributed by atoms with van der Waals surface area (Å²) in [5.41, 5.74) is 0. The van der Waals surface area contributed by atoms with Gasteiger partial charge in [-0.05, 0) is 13.8 Å². The minimum Gasteiger partial charge on any atom is -0.382 e. The first-order valence-electron chi connectivity index (χ1n) is 3.99. The van der Waals surface area contributed by atoms with E-state index < -0.39 is 0 Å². The Labute approximate surface area is 91.3 Å². The van der Waals surface area contributed by atoms with Gasteiger partial charge < -0.3 is 4.74 Å². The van der Waals surface area contributed by atoms with Crippen molar-refractivity contribution < 1.29 is 4.74 Å². The molecule has 0 aromatic heterocycles. The molecule has 0 aliphatic heterocycles. The van der Waals surface area contributed by atoms with Crippen LogP contribution in [0.5, 0.6) is 0 Å². The molecule has 1 aromatic carbocycles. The predicted octanol–water partition coefficient (Wildman–Crippen LogP) is 2.35. The third-order valence-corrected chi connectivity index (χ3v) is 1.07. The monoisotopic (exact) mass is 176 g/mol. The lowest BCUT2D eigenvalue weighted by Crippen LogP contribution is -1.84. The van der Waals surface area contributed by atoms with Crippen molar-refractivity contribution in [1.82, 2.24) is 0 Å². The van der Waals surface area contributed by atoms with Crippen LogP contribution in [-0.4, -0.2) is 36.3 Å². The van der Waals surface area contributed by atoms with E-state index in [2.05, 4.69) is 0 Å². The standard InChI is InChI=1S/C6H6.C4H10O.Mg/c1-2-4-6-5-3-1;1-3-5-4-2;/h1-6H;3-4H2,1-2H3;. The Kier molecular flexibility index (Phi) is 16.3. The molecule has 2 heteroatoms. The minimum absolute atomic E-state index is 0. The predicted molar refractivity (Wildman–Crippen MR) is 54.4 cm³/mol. The topological polar surface area (TPSA) is 9.23 Å². The van der Waals surface area contributed by atoms with Crippen LogP contribution < -0.4 is 0 Å². The average molecular weight is 177 g/mol. The van der Waals surface area contributed by atoms with Crippen LogP contribution in [-0.2, 0) is 4.74 Å². The normalized spacial score (nSPS) is 7.50. The Bertz CT molecular complexity index is 113. The molecule has 0 spiro atoms. The smallest absolute Gasteiger partial charge is 0.0437 e. The Morgan fingerprint density at radius 3 is 1.08 bits per heavy atom. The first-order valence-corrected chi connectivity index (χ1v) is 3.99. The summed E-state index contributed by atoms with van der Waals surface area (Å²) < 4.78 is 4.83. The number of benzene rings is 1. The van der Waals surface area contributed by atoms with Crippen LogP contribution in [0.2, 0.25) is 0 Å². The third kappa shape index (κ3) is 12.6. The van der Waals surface area contributed by atoms with Gasteiger partial charge in [0, 0.05) is 36.3 Å². The fraction of sp³-hybridized carbons (Fsp3) is 0.400. The van der Waals surface area contributed by atoms with E-state index >= 15 is 0 Å². The molecule has 12 heavy (non-hydrogen) atoms. The Morgan fingerprint density at radius 2 is 1.00 bits per heavy atom. The highest BCUT2D eigenvalue weighted by molar-refractivity contribution is 5.75. The van der Waals surface area contributed by atoms with E-state index in [4.69, 9.17) is 4.74 Å². The lowest BCUT2D eigenvalue weighted by molar-refractivity contribution is 0.162. The zero-order valence-electron chi connectivity index (χ0n) is 7.99. The van der Waals surface area contributed by atoms with Crippen LogP contribution in [0.1, 0.15) is 13.8 Å². The quantitative estimate of drug-likeness (QED) is 0.629. The molecule has 1 aromatic rings. The second kappa shape index (κ2) is 13.5. The van der Waals surface area contributed by atoms with Gasteiger partial charge in [-0.3, -0.25) is 0 Å². The summed E-state index contributed by atoms with van der Waals surface area (Å²) in [7, 11) is 0. The molecule has 0 saturated heterocycles. The molecule has 0 saturated carbocycles. The molecule has 0 bridgehead atoms. The Balaban J connectivity index is 0. The summed E-state index contributed by atoms with van der Waals surface area (Å²) in [5.74, 6) is 0. The minimum atomic E-state index is 0. The van der Waals surface area contributed by atoms with Gasteiger partial charge in [0.25, 0.3) is 0 Å². The molecule has 0 aliphatic carbocycles. The molecule has 0 unspecified atom stereocenters. The Hall–Kier alpha value is -0.0538. The van der Waals surface area contributed by atoms with E-state index in [1.807, 2.05) is 50.2 Å². The first-order chi connectivity index (χ1) is 5.41. The average Bonchev–Trinajstić information content (AvgIpc) is 2.10. The van der Waals surface area contributed by atoms with Crippen molar-refractivity contribution in [2.75, 3.05) is 13.2 Å². The van der Waals surface area contributed by atoms with Gasteiger partial charge in [-0.15, -0.1) is 0 Å². The number of hydrogen-bond acceptors (Lipinski definition) is 1. The van der Waals surface area contributed by atoms with Crippen molar-refractivity contribution in [3.63, 3.8) is 0 Å². The molecule has 2 radical (unpaired) electrons. The van der Waals surface area contributed by atoms with Gasteiger partial charge >= 0.3 is 0 Å². The van der Waals surface area contributed by atoms with Crippen LogP contribution in [0.25, 0.3) is 0 Å². The van der Waals surface area contributed by atoms with Crippen LogP contribution >= 0.6 is 0 Å². The molecular formula is C10H16MgO. The molecule has 0 heterocycles. The van der Waals surface area contributed by atoms with Crippen LogP contribution in [0.15, 0.2) is 36.4 Å². The number of ether oxygens (including phenoxy) is 1. The second-order valence-electron chi connectivity index (χ2n) is 1.94. The van der Waals surface area contributed by atoms with Crippen molar-refractivity contribution in [1.29, 1.82) is 0 Å². The molecule has 0 N–H and O–H groups in total. The van der Waals surface area contributed by atoms with Gasteiger partial charge in [0.1, 0.15) is 0 Å². The number of rotatable bonds is 2. The number of hydrogen-bond donors (Lipinski definition) is 0. The summed E-state index contributed by atoms with van der Waals surface area (Å²) in [6.07, 6.45) is 0. The molecule has 1 nitrogen and oxygen atoms in total. The molecule has 64 valence electrons. The summed E-state index contributed by atoms with van der Waals surface area (Å²) in [6, 6.07) is 12.0. The highest BCUT2D eigenvalue weighted by atomic mass is 24.3. The lowest BCUT2D eigenvalue weighted by Gasteiger charge is -1.86. The van der Waals surface area contributed by atoms with Crippen molar-refractivity contribution in [2.45, 2.75) is 13.8 Å². The summed E-state index contributed by atoms with van der Waals surface area (Å²) in [5, 5.41) is 0. The van der Waals surface area contributed by atoms with Gasteiger partial charge in [-0.25, -0.2) is 0 Å². The van der Waals surface area contributed by atoms with Gasteiger partial charge in [-0.2, -0.15) is 0 Å². The fourth-order valence-electron chi connectivity index (χ4n) is 0.589. The van der Waals surface area contributed by atoms with E-state index in [1.165, 1.54) is 0 Å². The van der Waals surface area contributed by atoms with E-state index in [0.717, 1.165) is 13.2 Å². The van der Waals surface area contributed by atoms with Crippen LogP contribution in [0.3, 0.4) is 0 Å². The van der Waals surface area contributed by atoms with Gasteiger partial charge in [0.05, 0.1) is 0 Å². The maximum atomic E-state index is 4.83. The maximum absolute atomic E-state index is 4.83.